The number of hydrogen-bond donors (Lipinski definition) is 2. The monoisotopic (exact) mass is 517 g/mol. The Morgan fingerprint density at radius 3 is 2.26 bits per heavy atom. The molecular weight excluding hydrogens is 482 g/mol. The minimum absolute atomic E-state index is 0.00594. The first kappa shape index (κ1) is 28.4. The number of nitrogens with zero attached hydrogens (tertiary/aromatic N) is 1. The first-order valence-corrected chi connectivity index (χ1v) is 12.9. The van der Waals surface area contributed by atoms with E-state index < -0.39 is 11.9 Å². The Morgan fingerprint density at radius 2 is 1.58 bits per heavy atom. The number of carbonyl (C=O) groups is 2. The zero-order valence-electron chi connectivity index (χ0n) is 21.8. The minimum Gasteiger partial charge on any atom is -0.497 e. The van der Waals surface area contributed by atoms with Gasteiger partial charge in [-0.3, -0.25) is 14.6 Å². The third-order valence-electron chi connectivity index (χ3n) is 6.06. The summed E-state index contributed by atoms with van der Waals surface area (Å²) in [5, 5.41) is 18.1. The van der Waals surface area contributed by atoms with Crippen LogP contribution in [-0.2, 0) is 35.3 Å². The number of pyridine rings is 1. The van der Waals surface area contributed by atoms with Gasteiger partial charge in [-0.1, -0.05) is 48.6 Å². The van der Waals surface area contributed by atoms with Crippen LogP contribution in [0.3, 0.4) is 0 Å². The number of benzene rings is 2. The first-order valence-electron chi connectivity index (χ1n) is 12.9. The van der Waals surface area contributed by atoms with Gasteiger partial charge in [0.15, 0.2) is 0 Å². The molecule has 0 saturated heterocycles. The Bertz CT molecular complexity index is 1200. The molecule has 0 radical (unpaired) electrons. The summed E-state index contributed by atoms with van der Waals surface area (Å²) in [5.74, 6) is -0.233. The number of ether oxygens (including phenoxy) is 2. The van der Waals surface area contributed by atoms with Crippen molar-refractivity contribution < 1.29 is 29.3 Å². The van der Waals surface area contributed by atoms with E-state index in [1.165, 1.54) is 0 Å². The summed E-state index contributed by atoms with van der Waals surface area (Å²) < 4.78 is 11.2. The molecule has 7 heteroatoms. The van der Waals surface area contributed by atoms with Crippen LogP contribution in [0.15, 0.2) is 66.7 Å². The summed E-state index contributed by atoms with van der Waals surface area (Å²) in [6.45, 7) is 0.542. The van der Waals surface area contributed by atoms with Crippen molar-refractivity contribution in [3.8, 4) is 11.5 Å². The third-order valence-corrected chi connectivity index (χ3v) is 6.06. The molecule has 0 unspecified atom stereocenters. The fourth-order valence-corrected chi connectivity index (χ4v) is 3.96. The highest BCUT2D eigenvalue weighted by molar-refractivity contribution is 5.70. The molecule has 2 N–H and O–H groups in total. The molecule has 3 aromatic rings. The molecule has 38 heavy (non-hydrogen) atoms. The Labute approximate surface area is 223 Å². The molecule has 0 aliphatic heterocycles. The fourth-order valence-electron chi connectivity index (χ4n) is 3.96. The van der Waals surface area contributed by atoms with Crippen LogP contribution in [0.5, 0.6) is 11.5 Å². The van der Waals surface area contributed by atoms with Gasteiger partial charge >= 0.3 is 11.9 Å². The highest BCUT2D eigenvalue weighted by Gasteiger charge is 2.10. The molecular formula is C31H35NO6. The second-order valence-corrected chi connectivity index (χ2v) is 9.05. The second-order valence-electron chi connectivity index (χ2n) is 9.05. The van der Waals surface area contributed by atoms with E-state index in [2.05, 4.69) is 12.2 Å². The van der Waals surface area contributed by atoms with Gasteiger partial charge in [-0.25, -0.2) is 0 Å². The van der Waals surface area contributed by atoms with Crippen LogP contribution in [0.1, 0.15) is 53.8 Å². The Balaban J connectivity index is 1.48. The maximum atomic E-state index is 11.2. The lowest BCUT2D eigenvalue weighted by atomic mass is 10.0. The molecule has 1 aromatic heterocycles. The van der Waals surface area contributed by atoms with Gasteiger partial charge in [-0.15, -0.1) is 0 Å². The molecule has 0 aliphatic carbocycles. The number of rotatable bonds is 16. The molecule has 0 saturated carbocycles. The third kappa shape index (κ3) is 10.1. The zero-order chi connectivity index (χ0) is 27.2. The maximum absolute atomic E-state index is 11.2. The van der Waals surface area contributed by atoms with Crippen LogP contribution < -0.4 is 9.47 Å². The lowest BCUT2D eigenvalue weighted by molar-refractivity contribution is -0.137. The molecule has 200 valence electrons. The highest BCUT2D eigenvalue weighted by atomic mass is 16.5. The van der Waals surface area contributed by atoms with Gasteiger partial charge in [0.05, 0.1) is 32.3 Å². The van der Waals surface area contributed by atoms with E-state index in [-0.39, 0.29) is 12.8 Å². The summed E-state index contributed by atoms with van der Waals surface area (Å²) in [7, 11) is 1.65. The van der Waals surface area contributed by atoms with Gasteiger partial charge in [-0.2, -0.15) is 0 Å². The molecule has 0 aliphatic rings. The van der Waals surface area contributed by atoms with E-state index in [1.54, 1.807) is 7.11 Å². The normalized spacial score (nSPS) is 11.0. The largest absolute Gasteiger partial charge is 0.497 e. The number of carboxylic acids is 2. The number of methoxy groups -OCH3 is 1. The molecule has 0 atom stereocenters. The maximum Gasteiger partial charge on any atom is 0.307 e. The average Bonchev–Trinajstić information content (AvgIpc) is 2.91. The van der Waals surface area contributed by atoms with E-state index in [1.807, 2.05) is 60.7 Å². The molecule has 0 fully saturated rings. The number of carboxylic acid groups (broad SMARTS) is 2. The number of aliphatic carboxylic acids is 2. The Morgan fingerprint density at radius 1 is 0.842 bits per heavy atom. The number of hydrogen-bond acceptors (Lipinski definition) is 5. The number of aryl methyl sites for hydroxylation is 3. The summed E-state index contributed by atoms with van der Waals surface area (Å²) in [5.41, 5.74) is 4.53. The Hall–Kier alpha value is -4.13. The summed E-state index contributed by atoms with van der Waals surface area (Å²) >= 11 is 0. The van der Waals surface area contributed by atoms with E-state index in [9.17, 15) is 9.59 Å². The number of aromatic nitrogens is 1. The first-order chi connectivity index (χ1) is 18.4. The van der Waals surface area contributed by atoms with Gasteiger partial charge < -0.3 is 19.7 Å². The Kier molecular flexibility index (Phi) is 11.4. The SMILES string of the molecule is COc1ccc(C=CCCCCOc2ccc(CCc3ccc(CC(=O)O)cc3)nc2CCC(=O)O)cc1. The second kappa shape index (κ2) is 15.2. The minimum atomic E-state index is -0.867. The fraction of sp³-hybridized carbons (Fsp3) is 0.323. The van der Waals surface area contributed by atoms with Crippen molar-refractivity contribution in [2.24, 2.45) is 0 Å². The van der Waals surface area contributed by atoms with Gasteiger partial charge in [0, 0.05) is 12.1 Å². The van der Waals surface area contributed by atoms with Crippen LogP contribution in [0.25, 0.3) is 6.08 Å². The standard InChI is InChI=1S/C31H35NO6/c1-37-27-16-12-23(13-17-27)6-4-2-3-5-21-38-29-19-15-26(32-28(29)18-20-30(33)34)14-11-24-7-9-25(10-8-24)22-31(35)36/h4,6-10,12-13,15-17,19H,2-3,5,11,14,18,20-22H2,1H3,(H,33,34)(H,35,36). The van der Waals surface area contributed by atoms with E-state index >= 15 is 0 Å². The molecule has 1 heterocycles. The molecule has 3 rings (SSSR count). The average molecular weight is 518 g/mol. The summed E-state index contributed by atoms with van der Waals surface area (Å²) in [6.07, 6.45) is 8.81. The van der Waals surface area contributed by atoms with Crippen LogP contribution in [0, 0.1) is 0 Å². The van der Waals surface area contributed by atoms with Gasteiger partial charge in [0.2, 0.25) is 0 Å². The molecule has 0 spiro atoms. The molecule has 0 amide bonds. The van der Waals surface area contributed by atoms with Crippen LogP contribution in [-0.4, -0.2) is 40.9 Å². The van der Waals surface area contributed by atoms with Crippen molar-refractivity contribution in [1.82, 2.24) is 4.98 Å². The number of allylic oxidation sites excluding steroid dienone is 1. The smallest absolute Gasteiger partial charge is 0.307 e. The van der Waals surface area contributed by atoms with Crippen molar-refractivity contribution in [2.45, 2.75) is 51.4 Å². The number of unbranched alkanes of at least 4 members (excludes halogenated alkanes) is 2. The topological polar surface area (TPSA) is 106 Å². The summed E-state index contributed by atoms with van der Waals surface area (Å²) in [6, 6.07) is 19.3. The molecule has 2 aromatic carbocycles. The van der Waals surface area contributed by atoms with E-state index in [0.29, 0.717) is 30.9 Å². The van der Waals surface area contributed by atoms with E-state index in [0.717, 1.165) is 53.8 Å². The van der Waals surface area contributed by atoms with Gasteiger partial charge in [0.25, 0.3) is 0 Å². The van der Waals surface area contributed by atoms with E-state index in [4.69, 9.17) is 24.7 Å². The predicted molar refractivity (Wildman–Crippen MR) is 147 cm³/mol. The van der Waals surface area contributed by atoms with Crippen molar-refractivity contribution in [3.05, 3.63) is 94.8 Å². The zero-order valence-corrected chi connectivity index (χ0v) is 21.8. The van der Waals surface area contributed by atoms with Crippen LogP contribution in [0.4, 0.5) is 0 Å². The molecule has 0 bridgehead atoms. The van der Waals surface area contributed by atoms with Crippen molar-refractivity contribution in [1.29, 1.82) is 0 Å². The lowest BCUT2D eigenvalue weighted by Crippen LogP contribution is -2.07. The van der Waals surface area contributed by atoms with Crippen molar-refractivity contribution in [2.75, 3.05) is 13.7 Å². The van der Waals surface area contributed by atoms with Crippen molar-refractivity contribution >= 4 is 18.0 Å². The highest BCUT2D eigenvalue weighted by Crippen LogP contribution is 2.21. The molecule has 7 nitrogen and oxygen atoms in total. The summed E-state index contributed by atoms with van der Waals surface area (Å²) in [4.78, 5) is 26.7. The van der Waals surface area contributed by atoms with Gasteiger partial charge in [0.1, 0.15) is 11.5 Å². The van der Waals surface area contributed by atoms with Crippen molar-refractivity contribution in [3.63, 3.8) is 0 Å². The van der Waals surface area contributed by atoms with Crippen LogP contribution >= 0.6 is 0 Å². The van der Waals surface area contributed by atoms with Gasteiger partial charge in [-0.05, 0) is 73.1 Å². The van der Waals surface area contributed by atoms with Crippen LogP contribution in [0.2, 0.25) is 0 Å². The lowest BCUT2D eigenvalue weighted by Gasteiger charge is -2.12. The predicted octanol–water partition coefficient (Wildman–Crippen LogP) is 5.78. The quantitative estimate of drug-likeness (QED) is 0.232.